The molecule has 0 bridgehead atoms. The lowest BCUT2D eigenvalue weighted by molar-refractivity contribution is -0.160. The first-order chi connectivity index (χ1) is 11.3. The summed E-state index contributed by atoms with van der Waals surface area (Å²) in [5.41, 5.74) is 1.34. The second-order valence-electron chi connectivity index (χ2n) is 6.86. The van der Waals surface area contributed by atoms with E-state index in [2.05, 4.69) is 0 Å². The van der Waals surface area contributed by atoms with E-state index in [-0.39, 0.29) is 12.0 Å². The molecule has 1 heterocycles. The van der Waals surface area contributed by atoms with E-state index in [1.807, 2.05) is 56.0 Å². The van der Waals surface area contributed by atoms with Crippen LogP contribution in [-0.2, 0) is 25.6 Å². The van der Waals surface area contributed by atoms with Crippen LogP contribution in [0, 0.1) is 0 Å². The smallest absolute Gasteiger partial charge is 0.332 e. The van der Waals surface area contributed by atoms with E-state index in [1.54, 1.807) is 0 Å². The van der Waals surface area contributed by atoms with Crippen molar-refractivity contribution in [3.8, 4) is 0 Å². The fourth-order valence-corrected chi connectivity index (χ4v) is 2.74. The van der Waals surface area contributed by atoms with E-state index in [4.69, 9.17) is 9.47 Å². The zero-order chi connectivity index (χ0) is 17.7. The fourth-order valence-electron chi connectivity index (χ4n) is 2.74. The maximum absolute atomic E-state index is 12.6. The maximum Gasteiger partial charge on any atom is 0.332 e. The molecule has 0 aliphatic carbocycles. The summed E-state index contributed by atoms with van der Waals surface area (Å²) in [6, 6.07) is 9.47. The second-order valence-corrected chi connectivity index (χ2v) is 6.86. The summed E-state index contributed by atoms with van der Waals surface area (Å²) in [6.45, 7) is 6.11. The van der Waals surface area contributed by atoms with Crippen molar-refractivity contribution in [3.63, 3.8) is 0 Å². The van der Waals surface area contributed by atoms with E-state index in [1.165, 1.54) is 13.2 Å². The van der Waals surface area contributed by atoms with Crippen LogP contribution in [0.1, 0.15) is 39.2 Å². The lowest BCUT2D eigenvalue weighted by Crippen LogP contribution is -2.39. The van der Waals surface area contributed by atoms with Crippen LogP contribution in [0.25, 0.3) is 0 Å². The van der Waals surface area contributed by atoms with E-state index >= 15 is 0 Å². The predicted molar refractivity (Wildman–Crippen MR) is 91.0 cm³/mol. The van der Waals surface area contributed by atoms with Gasteiger partial charge in [-0.3, -0.25) is 0 Å². The van der Waals surface area contributed by atoms with Gasteiger partial charge in [-0.05, 0) is 39.2 Å². The molecule has 2 rings (SSSR count). The molecule has 1 aliphatic heterocycles. The molecule has 0 unspecified atom stereocenters. The number of esters is 2. The van der Waals surface area contributed by atoms with Crippen LogP contribution < -0.4 is 0 Å². The van der Waals surface area contributed by atoms with Gasteiger partial charge in [0.25, 0.3) is 0 Å². The standard InChI is InChI=1S/C19H25NO4/c1-19(2,3)24-18(22)16-11-10-15(12-17(21)23-4)20(16)13-14-8-6-5-7-9-14/h5-9,12,16H,10-11,13H2,1-4H3/b15-12+/t16-/m0/s1. The van der Waals surface area contributed by atoms with Gasteiger partial charge >= 0.3 is 11.9 Å². The van der Waals surface area contributed by atoms with Gasteiger partial charge in [0, 0.05) is 18.3 Å². The van der Waals surface area contributed by atoms with Gasteiger partial charge in [-0.2, -0.15) is 0 Å². The van der Waals surface area contributed by atoms with Crippen molar-refractivity contribution in [1.29, 1.82) is 0 Å². The minimum atomic E-state index is -0.537. The molecule has 1 saturated heterocycles. The van der Waals surface area contributed by atoms with Crippen molar-refractivity contribution in [2.75, 3.05) is 7.11 Å². The molecule has 1 aliphatic rings. The van der Waals surface area contributed by atoms with Crippen LogP contribution in [0.5, 0.6) is 0 Å². The quantitative estimate of drug-likeness (QED) is 0.627. The SMILES string of the molecule is COC(=O)/C=C1\CC[C@@H](C(=O)OC(C)(C)C)N1Cc1ccccc1. The first-order valence-corrected chi connectivity index (χ1v) is 8.12. The average Bonchev–Trinajstić information content (AvgIpc) is 2.89. The lowest BCUT2D eigenvalue weighted by Gasteiger charge is -2.29. The molecule has 0 aromatic heterocycles. The first kappa shape index (κ1) is 18.0. The molecule has 0 N–H and O–H groups in total. The van der Waals surface area contributed by atoms with Crippen LogP contribution in [0.2, 0.25) is 0 Å². The van der Waals surface area contributed by atoms with Crippen LogP contribution in [0.3, 0.4) is 0 Å². The maximum atomic E-state index is 12.6. The highest BCUT2D eigenvalue weighted by atomic mass is 16.6. The Morgan fingerprint density at radius 1 is 1.25 bits per heavy atom. The average molecular weight is 331 g/mol. The minimum absolute atomic E-state index is 0.258. The van der Waals surface area contributed by atoms with E-state index in [9.17, 15) is 9.59 Å². The van der Waals surface area contributed by atoms with Crippen LogP contribution >= 0.6 is 0 Å². The van der Waals surface area contributed by atoms with Gasteiger partial charge in [-0.15, -0.1) is 0 Å². The van der Waals surface area contributed by atoms with Gasteiger partial charge in [0.2, 0.25) is 0 Å². The summed E-state index contributed by atoms with van der Waals surface area (Å²) in [5.74, 6) is -0.667. The monoisotopic (exact) mass is 331 g/mol. The van der Waals surface area contributed by atoms with E-state index in [0.29, 0.717) is 19.4 Å². The van der Waals surface area contributed by atoms with Crippen molar-refractivity contribution in [1.82, 2.24) is 4.90 Å². The third kappa shape index (κ3) is 4.85. The molecule has 0 saturated carbocycles. The van der Waals surface area contributed by atoms with Gasteiger partial charge in [0.1, 0.15) is 11.6 Å². The van der Waals surface area contributed by atoms with Crippen molar-refractivity contribution < 1.29 is 19.1 Å². The fraction of sp³-hybridized carbons (Fsp3) is 0.474. The Hall–Kier alpha value is -2.30. The molecule has 0 spiro atoms. The molecular formula is C19H25NO4. The molecule has 5 nitrogen and oxygen atoms in total. The Kier molecular flexibility index (Phi) is 5.65. The topological polar surface area (TPSA) is 55.8 Å². The highest BCUT2D eigenvalue weighted by Crippen LogP contribution is 2.31. The first-order valence-electron chi connectivity index (χ1n) is 8.12. The molecule has 130 valence electrons. The largest absolute Gasteiger partial charge is 0.466 e. The summed E-state index contributed by atoms with van der Waals surface area (Å²) in [4.78, 5) is 26.1. The van der Waals surface area contributed by atoms with Crippen molar-refractivity contribution in [2.45, 2.75) is 51.8 Å². The van der Waals surface area contributed by atoms with Crippen molar-refractivity contribution in [2.24, 2.45) is 0 Å². The Labute approximate surface area is 143 Å². The van der Waals surface area contributed by atoms with E-state index < -0.39 is 11.6 Å². The number of allylic oxidation sites excluding steroid dienone is 1. The Morgan fingerprint density at radius 3 is 2.50 bits per heavy atom. The number of nitrogens with zero attached hydrogens (tertiary/aromatic N) is 1. The molecule has 1 aromatic carbocycles. The van der Waals surface area contributed by atoms with E-state index in [0.717, 1.165) is 11.3 Å². The van der Waals surface area contributed by atoms with Gasteiger partial charge in [-0.25, -0.2) is 9.59 Å². The number of hydrogen-bond acceptors (Lipinski definition) is 5. The van der Waals surface area contributed by atoms with Gasteiger partial charge < -0.3 is 14.4 Å². The highest BCUT2D eigenvalue weighted by Gasteiger charge is 2.36. The van der Waals surface area contributed by atoms with Crippen molar-refractivity contribution in [3.05, 3.63) is 47.7 Å². The number of ether oxygens (including phenoxy) is 2. The second kappa shape index (κ2) is 7.51. The van der Waals surface area contributed by atoms with Crippen LogP contribution in [0.15, 0.2) is 42.1 Å². The molecule has 24 heavy (non-hydrogen) atoms. The number of rotatable bonds is 4. The van der Waals surface area contributed by atoms with Crippen LogP contribution in [0.4, 0.5) is 0 Å². The zero-order valence-electron chi connectivity index (χ0n) is 14.7. The van der Waals surface area contributed by atoms with Gasteiger partial charge in [0.05, 0.1) is 7.11 Å². The van der Waals surface area contributed by atoms with Gasteiger partial charge in [-0.1, -0.05) is 30.3 Å². The van der Waals surface area contributed by atoms with Gasteiger partial charge in [0.15, 0.2) is 0 Å². The molecule has 0 radical (unpaired) electrons. The summed E-state index contributed by atoms with van der Waals surface area (Å²) < 4.78 is 10.3. The summed E-state index contributed by atoms with van der Waals surface area (Å²) in [6.07, 6.45) is 2.74. The molecule has 0 amide bonds. The molecule has 1 aromatic rings. The Balaban J connectivity index is 2.24. The number of hydrogen-bond donors (Lipinski definition) is 0. The molecule has 1 fully saturated rings. The number of carbonyl (C=O) groups is 2. The third-order valence-electron chi connectivity index (χ3n) is 3.78. The minimum Gasteiger partial charge on any atom is -0.466 e. The predicted octanol–water partition coefficient (Wildman–Crippen LogP) is 3.05. The summed E-state index contributed by atoms with van der Waals surface area (Å²) in [5, 5.41) is 0. The Bertz CT molecular complexity index is 616. The third-order valence-corrected chi connectivity index (χ3v) is 3.78. The normalized spacial score (nSPS) is 19.4. The summed E-state index contributed by atoms with van der Waals surface area (Å²) in [7, 11) is 1.35. The van der Waals surface area contributed by atoms with Crippen molar-refractivity contribution >= 4 is 11.9 Å². The molecule has 5 heteroatoms. The summed E-state index contributed by atoms with van der Waals surface area (Å²) >= 11 is 0. The molecule has 1 atom stereocenters. The Morgan fingerprint density at radius 2 is 1.92 bits per heavy atom. The zero-order valence-corrected chi connectivity index (χ0v) is 14.7. The number of benzene rings is 1. The van der Waals surface area contributed by atoms with Crippen LogP contribution in [-0.4, -0.2) is 35.6 Å². The molecular weight excluding hydrogens is 306 g/mol. The number of methoxy groups -OCH3 is 1. The number of carbonyl (C=O) groups excluding carboxylic acids is 2. The lowest BCUT2D eigenvalue weighted by atomic mass is 10.1. The highest BCUT2D eigenvalue weighted by molar-refractivity contribution is 5.83. The number of likely N-dealkylation sites (tertiary alicyclic amines) is 1.